The lowest BCUT2D eigenvalue weighted by Gasteiger charge is -2.32. The Morgan fingerprint density at radius 2 is 2.10 bits per heavy atom. The summed E-state index contributed by atoms with van der Waals surface area (Å²) in [6, 6.07) is 12.9. The van der Waals surface area contributed by atoms with Gasteiger partial charge in [-0.2, -0.15) is 0 Å². The average Bonchev–Trinajstić information content (AvgIpc) is 2.52. The summed E-state index contributed by atoms with van der Waals surface area (Å²) in [5, 5.41) is 1.20. The number of nitrogens with one attached hydrogen (secondary N) is 1. The normalized spacial score (nSPS) is 24.1. The van der Waals surface area contributed by atoms with E-state index in [1.807, 2.05) is 6.07 Å². The number of nitrogens with two attached hydrogens (primary N) is 1. The van der Waals surface area contributed by atoms with E-state index in [-0.39, 0.29) is 0 Å². The fourth-order valence-corrected chi connectivity index (χ4v) is 3.66. The lowest BCUT2D eigenvalue weighted by Crippen LogP contribution is -2.44. The first-order chi connectivity index (χ1) is 10.3. The van der Waals surface area contributed by atoms with E-state index >= 15 is 0 Å². The van der Waals surface area contributed by atoms with Crippen molar-refractivity contribution >= 4 is 10.9 Å². The summed E-state index contributed by atoms with van der Waals surface area (Å²) in [5.74, 6) is 7.33. The molecule has 2 aromatic rings. The van der Waals surface area contributed by atoms with Crippen LogP contribution in [0.4, 0.5) is 0 Å². The predicted octanol–water partition coefficient (Wildman–Crippen LogP) is 3.44. The first-order valence-corrected chi connectivity index (χ1v) is 8.07. The molecule has 3 N–H and O–H groups in total. The van der Waals surface area contributed by atoms with Crippen LogP contribution in [-0.2, 0) is 6.42 Å². The summed E-state index contributed by atoms with van der Waals surface area (Å²) in [6.45, 7) is 2.36. The van der Waals surface area contributed by atoms with E-state index in [0.29, 0.717) is 12.0 Å². The summed E-state index contributed by atoms with van der Waals surface area (Å²) < 4.78 is 0. The summed E-state index contributed by atoms with van der Waals surface area (Å²) in [7, 11) is 0. The molecule has 0 aliphatic heterocycles. The van der Waals surface area contributed by atoms with Crippen LogP contribution in [0.1, 0.15) is 38.3 Å². The smallest absolute Gasteiger partial charge is 0.0705 e. The van der Waals surface area contributed by atoms with Crippen molar-refractivity contribution in [3.05, 3.63) is 42.1 Å². The third-order valence-electron chi connectivity index (χ3n) is 4.85. The molecule has 3 rings (SSSR count). The van der Waals surface area contributed by atoms with Crippen molar-refractivity contribution in [3.63, 3.8) is 0 Å². The highest BCUT2D eigenvalue weighted by molar-refractivity contribution is 5.78. The molecule has 0 spiro atoms. The molecule has 3 atom stereocenters. The zero-order chi connectivity index (χ0) is 14.7. The second kappa shape index (κ2) is 6.54. The number of aromatic nitrogens is 1. The molecule has 1 aliphatic carbocycles. The summed E-state index contributed by atoms with van der Waals surface area (Å²) >= 11 is 0. The lowest BCUT2D eigenvalue weighted by molar-refractivity contribution is 0.221. The van der Waals surface area contributed by atoms with Gasteiger partial charge in [0.1, 0.15) is 0 Å². The first-order valence-electron chi connectivity index (χ1n) is 8.07. The van der Waals surface area contributed by atoms with Crippen molar-refractivity contribution in [3.8, 4) is 0 Å². The second-order valence-electron chi connectivity index (χ2n) is 6.50. The van der Waals surface area contributed by atoms with Crippen LogP contribution >= 0.6 is 0 Å². The van der Waals surface area contributed by atoms with Gasteiger partial charge in [-0.15, -0.1) is 0 Å². The molecule has 0 radical (unpaired) electrons. The maximum Gasteiger partial charge on any atom is 0.0705 e. The van der Waals surface area contributed by atoms with Crippen molar-refractivity contribution in [1.29, 1.82) is 0 Å². The van der Waals surface area contributed by atoms with E-state index in [9.17, 15) is 0 Å². The number of hydrazine groups is 1. The van der Waals surface area contributed by atoms with E-state index in [4.69, 9.17) is 10.8 Å². The molecule has 1 aromatic carbocycles. The molecule has 1 aliphatic rings. The Balaban J connectivity index is 1.75. The number of hydrogen-bond acceptors (Lipinski definition) is 3. The molecule has 0 bridgehead atoms. The minimum absolute atomic E-state index is 0.335. The third-order valence-corrected chi connectivity index (χ3v) is 4.85. The van der Waals surface area contributed by atoms with Gasteiger partial charge < -0.3 is 0 Å². The van der Waals surface area contributed by atoms with E-state index in [1.54, 1.807) is 0 Å². The van der Waals surface area contributed by atoms with Gasteiger partial charge in [-0.05, 0) is 36.8 Å². The molecule has 1 saturated carbocycles. The van der Waals surface area contributed by atoms with Crippen LogP contribution in [0.5, 0.6) is 0 Å². The van der Waals surface area contributed by atoms with Crippen LogP contribution in [0.25, 0.3) is 10.9 Å². The van der Waals surface area contributed by atoms with Crippen molar-refractivity contribution in [2.24, 2.45) is 17.7 Å². The van der Waals surface area contributed by atoms with Crippen LogP contribution in [0.2, 0.25) is 0 Å². The van der Waals surface area contributed by atoms with E-state index in [1.165, 1.54) is 31.1 Å². The van der Waals surface area contributed by atoms with Crippen molar-refractivity contribution in [2.75, 3.05) is 0 Å². The molecule has 1 heterocycles. The molecule has 3 unspecified atom stereocenters. The fraction of sp³-hybridized carbons (Fsp3) is 0.500. The van der Waals surface area contributed by atoms with Crippen LogP contribution in [0.3, 0.4) is 0 Å². The Morgan fingerprint density at radius 1 is 1.24 bits per heavy atom. The second-order valence-corrected chi connectivity index (χ2v) is 6.50. The standard InChI is InChI=1S/C18H25N3/c1-13-5-4-7-15(11-13)18(21-19)12-16-10-9-14-6-2-3-8-17(14)20-16/h2-3,6,8-10,13,15,18,21H,4-5,7,11-12,19H2,1H3. The fourth-order valence-electron chi connectivity index (χ4n) is 3.66. The van der Waals surface area contributed by atoms with Crippen LogP contribution in [0, 0.1) is 11.8 Å². The van der Waals surface area contributed by atoms with Gasteiger partial charge in [0.2, 0.25) is 0 Å². The highest BCUT2D eigenvalue weighted by Gasteiger charge is 2.26. The Labute approximate surface area is 126 Å². The van der Waals surface area contributed by atoms with Crippen molar-refractivity contribution in [2.45, 2.75) is 45.1 Å². The monoisotopic (exact) mass is 283 g/mol. The Bertz CT molecular complexity index is 596. The minimum atomic E-state index is 0.335. The highest BCUT2D eigenvalue weighted by atomic mass is 15.2. The van der Waals surface area contributed by atoms with E-state index < -0.39 is 0 Å². The molecule has 0 saturated heterocycles. The molecule has 1 aromatic heterocycles. The molecule has 0 amide bonds. The SMILES string of the molecule is CC1CCCC(C(Cc2ccc3ccccc3n2)NN)C1. The van der Waals surface area contributed by atoms with Crippen molar-refractivity contribution < 1.29 is 0 Å². The summed E-state index contributed by atoms with van der Waals surface area (Å²) in [5.41, 5.74) is 5.26. The molecular weight excluding hydrogens is 258 g/mol. The molecule has 1 fully saturated rings. The van der Waals surface area contributed by atoms with Crippen molar-refractivity contribution in [1.82, 2.24) is 10.4 Å². The maximum atomic E-state index is 5.83. The zero-order valence-corrected chi connectivity index (χ0v) is 12.8. The van der Waals surface area contributed by atoms with Gasteiger partial charge in [-0.3, -0.25) is 16.3 Å². The van der Waals surface area contributed by atoms with Gasteiger partial charge in [0.25, 0.3) is 0 Å². The van der Waals surface area contributed by atoms with Gasteiger partial charge in [-0.1, -0.05) is 44.0 Å². The van der Waals surface area contributed by atoms with E-state index in [2.05, 4.69) is 42.7 Å². The predicted molar refractivity (Wildman–Crippen MR) is 87.7 cm³/mol. The molecule has 3 nitrogen and oxygen atoms in total. The quantitative estimate of drug-likeness (QED) is 0.667. The number of pyridine rings is 1. The number of hydrogen-bond donors (Lipinski definition) is 2. The van der Waals surface area contributed by atoms with Gasteiger partial charge >= 0.3 is 0 Å². The first kappa shape index (κ1) is 14.5. The highest BCUT2D eigenvalue weighted by Crippen LogP contribution is 2.31. The largest absolute Gasteiger partial charge is 0.271 e. The van der Waals surface area contributed by atoms with Gasteiger partial charge in [0.15, 0.2) is 0 Å². The van der Waals surface area contributed by atoms with Gasteiger partial charge in [-0.25, -0.2) is 0 Å². The topological polar surface area (TPSA) is 50.9 Å². The van der Waals surface area contributed by atoms with E-state index in [0.717, 1.165) is 23.5 Å². The molecule has 112 valence electrons. The number of para-hydroxylation sites is 1. The number of fused-ring (bicyclic) bond motifs is 1. The Hall–Kier alpha value is -1.45. The Morgan fingerprint density at radius 3 is 2.90 bits per heavy atom. The Kier molecular flexibility index (Phi) is 4.51. The number of nitrogens with zero attached hydrogens (tertiary/aromatic N) is 1. The number of rotatable bonds is 4. The average molecular weight is 283 g/mol. The van der Waals surface area contributed by atoms with Crippen LogP contribution in [0.15, 0.2) is 36.4 Å². The van der Waals surface area contributed by atoms with Gasteiger partial charge in [0, 0.05) is 23.5 Å². The summed E-state index contributed by atoms with van der Waals surface area (Å²) in [6.07, 6.45) is 6.17. The maximum absolute atomic E-state index is 5.83. The summed E-state index contributed by atoms with van der Waals surface area (Å²) in [4.78, 5) is 4.78. The third kappa shape index (κ3) is 3.42. The zero-order valence-electron chi connectivity index (χ0n) is 12.8. The molecule has 3 heteroatoms. The molecule has 21 heavy (non-hydrogen) atoms. The van der Waals surface area contributed by atoms with Gasteiger partial charge in [0.05, 0.1) is 5.52 Å². The van der Waals surface area contributed by atoms with Crippen LogP contribution in [-0.4, -0.2) is 11.0 Å². The lowest BCUT2D eigenvalue weighted by atomic mass is 9.77. The molecular formula is C18H25N3. The minimum Gasteiger partial charge on any atom is -0.271 e. The number of benzene rings is 1. The van der Waals surface area contributed by atoms with Crippen LogP contribution < -0.4 is 11.3 Å².